The summed E-state index contributed by atoms with van der Waals surface area (Å²) < 4.78 is 38.3. The number of nitrogens with one attached hydrogen (secondary N) is 1. The lowest BCUT2D eigenvalue weighted by molar-refractivity contribution is 0.102. The molecule has 9 heteroatoms. The van der Waals surface area contributed by atoms with E-state index < -0.39 is 21.6 Å². The number of hydrogen-bond donors (Lipinski definition) is 1. The molecule has 2 aromatic carbocycles. The molecule has 0 aliphatic rings. The molecule has 0 saturated carbocycles. The van der Waals surface area contributed by atoms with E-state index in [-0.39, 0.29) is 10.6 Å². The molecule has 0 atom stereocenters. The van der Waals surface area contributed by atoms with Crippen LogP contribution in [0.4, 0.5) is 10.1 Å². The summed E-state index contributed by atoms with van der Waals surface area (Å²) in [5.74, 6) is -1.27. The van der Waals surface area contributed by atoms with Crippen LogP contribution in [-0.4, -0.2) is 25.6 Å². The average Bonchev–Trinajstić information content (AvgIpc) is 2.65. The number of rotatable bonds is 5. The number of anilines is 1. The quantitative estimate of drug-likeness (QED) is 0.531. The van der Waals surface area contributed by atoms with E-state index in [2.05, 4.69) is 26.2 Å². The molecule has 1 heterocycles. The van der Waals surface area contributed by atoms with Crippen LogP contribution in [0.5, 0.6) is 0 Å². The summed E-state index contributed by atoms with van der Waals surface area (Å²) in [4.78, 5) is 17.5. The summed E-state index contributed by atoms with van der Waals surface area (Å²) in [6, 6.07) is 13.8. The highest BCUT2D eigenvalue weighted by atomic mass is 79.9. The monoisotopic (exact) mass is 480 g/mol. The van der Waals surface area contributed by atoms with E-state index >= 15 is 0 Å². The van der Waals surface area contributed by atoms with Crippen molar-refractivity contribution < 1.29 is 17.6 Å². The summed E-state index contributed by atoms with van der Waals surface area (Å²) in [6.07, 6.45) is 2.67. The van der Waals surface area contributed by atoms with Crippen LogP contribution in [0.3, 0.4) is 0 Å². The smallest absolute Gasteiger partial charge is 0.256 e. The molecule has 3 aromatic rings. The highest BCUT2D eigenvalue weighted by Crippen LogP contribution is 2.30. The number of aromatic nitrogens is 1. The third-order valence-electron chi connectivity index (χ3n) is 3.66. The Morgan fingerprint density at radius 1 is 1.14 bits per heavy atom. The van der Waals surface area contributed by atoms with Crippen LogP contribution >= 0.6 is 27.7 Å². The van der Waals surface area contributed by atoms with E-state index in [9.17, 15) is 17.6 Å². The lowest BCUT2D eigenvalue weighted by Gasteiger charge is -2.11. The van der Waals surface area contributed by atoms with Gasteiger partial charge in [0.2, 0.25) is 0 Å². The van der Waals surface area contributed by atoms with Gasteiger partial charge in [0, 0.05) is 21.8 Å². The number of hydrogen-bond acceptors (Lipinski definition) is 5. The second-order valence-corrected chi connectivity index (χ2v) is 9.77. The van der Waals surface area contributed by atoms with Gasteiger partial charge in [0.25, 0.3) is 5.91 Å². The Hall–Kier alpha value is -2.23. The van der Waals surface area contributed by atoms with Gasteiger partial charge < -0.3 is 5.32 Å². The minimum absolute atomic E-state index is 0.0778. The van der Waals surface area contributed by atoms with Gasteiger partial charge in [-0.05, 0) is 58.4 Å². The van der Waals surface area contributed by atoms with Crippen LogP contribution in [-0.2, 0) is 9.84 Å². The van der Waals surface area contributed by atoms with Crippen molar-refractivity contribution in [3.63, 3.8) is 0 Å². The van der Waals surface area contributed by atoms with Gasteiger partial charge in [-0.3, -0.25) is 4.79 Å². The molecule has 28 heavy (non-hydrogen) atoms. The van der Waals surface area contributed by atoms with Crippen molar-refractivity contribution in [1.82, 2.24) is 4.98 Å². The number of pyridine rings is 1. The first kappa shape index (κ1) is 20.5. The van der Waals surface area contributed by atoms with E-state index in [4.69, 9.17) is 0 Å². The summed E-state index contributed by atoms with van der Waals surface area (Å²) in [6.45, 7) is 0. The topological polar surface area (TPSA) is 76.1 Å². The lowest BCUT2D eigenvalue weighted by atomic mass is 10.2. The predicted octanol–water partition coefficient (Wildman–Crippen LogP) is 4.79. The maximum Gasteiger partial charge on any atom is 0.256 e. The van der Waals surface area contributed by atoms with Crippen molar-refractivity contribution >= 4 is 49.1 Å². The van der Waals surface area contributed by atoms with Crippen molar-refractivity contribution in [2.24, 2.45) is 0 Å². The predicted molar refractivity (Wildman–Crippen MR) is 110 cm³/mol. The SMILES string of the molecule is CS(=O)(=O)c1ccc(F)c(NC(=O)c2ccccc2Sc2ccc(Br)cn2)c1. The molecule has 0 fully saturated rings. The normalized spacial score (nSPS) is 11.2. The first-order valence-corrected chi connectivity index (χ1v) is 11.4. The number of benzene rings is 2. The third-order valence-corrected chi connectivity index (χ3v) is 6.27. The molecule has 5 nitrogen and oxygen atoms in total. The van der Waals surface area contributed by atoms with Crippen molar-refractivity contribution in [3.8, 4) is 0 Å². The summed E-state index contributed by atoms with van der Waals surface area (Å²) >= 11 is 4.61. The van der Waals surface area contributed by atoms with E-state index in [0.29, 0.717) is 15.5 Å². The molecule has 0 aliphatic carbocycles. The van der Waals surface area contributed by atoms with Crippen LogP contribution in [0, 0.1) is 5.82 Å². The zero-order valence-corrected chi connectivity index (χ0v) is 17.7. The molecular formula is C19H14BrFN2O3S2. The van der Waals surface area contributed by atoms with E-state index in [1.54, 1.807) is 36.5 Å². The Labute approximate surface area is 174 Å². The molecule has 0 aliphatic heterocycles. The van der Waals surface area contributed by atoms with Crippen molar-refractivity contribution in [1.29, 1.82) is 0 Å². The summed E-state index contributed by atoms with van der Waals surface area (Å²) in [5.41, 5.74) is 0.121. The van der Waals surface area contributed by atoms with Gasteiger partial charge >= 0.3 is 0 Å². The van der Waals surface area contributed by atoms with E-state index in [1.165, 1.54) is 11.8 Å². The van der Waals surface area contributed by atoms with Crippen molar-refractivity contribution in [2.45, 2.75) is 14.8 Å². The maximum atomic E-state index is 14.1. The minimum Gasteiger partial charge on any atom is -0.319 e. The molecule has 1 aromatic heterocycles. The average molecular weight is 481 g/mol. The zero-order chi connectivity index (χ0) is 20.3. The van der Waals surface area contributed by atoms with Gasteiger partial charge in [-0.2, -0.15) is 0 Å². The minimum atomic E-state index is -3.53. The van der Waals surface area contributed by atoms with Gasteiger partial charge in [0.05, 0.1) is 16.1 Å². The molecular weight excluding hydrogens is 467 g/mol. The molecule has 1 amide bonds. The molecule has 0 spiro atoms. The van der Waals surface area contributed by atoms with Crippen LogP contribution < -0.4 is 5.32 Å². The molecule has 0 saturated heterocycles. The van der Waals surface area contributed by atoms with Crippen LogP contribution in [0.2, 0.25) is 0 Å². The standard InChI is InChI=1S/C19H14BrFN2O3S2/c1-28(25,26)13-7-8-15(21)16(10-13)23-19(24)14-4-2-3-5-17(14)27-18-9-6-12(20)11-22-18/h2-11H,1H3,(H,23,24). The number of carbonyl (C=O) groups excluding carboxylic acids is 1. The number of halogens is 2. The van der Waals surface area contributed by atoms with Gasteiger partial charge in [-0.15, -0.1) is 0 Å². The van der Waals surface area contributed by atoms with E-state index in [0.717, 1.165) is 28.9 Å². The Morgan fingerprint density at radius 2 is 1.89 bits per heavy atom. The molecule has 1 N–H and O–H groups in total. The highest BCUT2D eigenvalue weighted by molar-refractivity contribution is 9.10. The second kappa shape index (κ2) is 8.42. The fourth-order valence-electron chi connectivity index (χ4n) is 2.30. The molecule has 3 rings (SSSR count). The maximum absolute atomic E-state index is 14.1. The Balaban J connectivity index is 1.89. The number of sulfone groups is 1. The van der Waals surface area contributed by atoms with Crippen molar-refractivity contribution in [3.05, 3.63) is 76.6 Å². The summed E-state index contributed by atoms with van der Waals surface area (Å²) in [5, 5.41) is 3.14. The Morgan fingerprint density at radius 3 is 2.57 bits per heavy atom. The summed E-state index contributed by atoms with van der Waals surface area (Å²) in [7, 11) is -3.53. The van der Waals surface area contributed by atoms with Crippen LogP contribution in [0.1, 0.15) is 10.4 Å². The first-order valence-electron chi connectivity index (χ1n) is 7.93. The second-order valence-electron chi connectivity index (χ2n) is 5.78. The Kier molecular flexibility index (Phi) is 6.17. The van der Waals surface area contributed by atoms with Gasteiger partial charge in [-0.1, -0.05) is 23.9 Å². The Bertz CT molecular complexity index is 1140. The molecule has 144 valence electrons. The molecule has 0 radical (unpaired) electrons. The van der Waals surface area contributed by atoms with Crippen LogP contribution in [0.25, 0.3) is 0 Å². The van der Waals surface area contributed by atoms with E-state index in [1.807, 2.05) is 6.07 Å². The molecule has 0 bridgehead atoms. The lowest BCUT2D eigenvalue weighted by Crippen LogP contribution is -2.14. The van der Waals surface area contributed by atoms with Gasteiger partial charge in [-0.25, -0.2) is 17.8 Å². The fourth-order valence-corrected chi connectivity index (χ4v) is 4.06. The number of amides is 1. The highest BCUT2D eigenvalue weighted by Gasteiger charge is 2.17. The van der Waals surface area contributed by atoms with Gasteiger partial charge in [0.15, 0.2) is 9.84 Å². The largest absolute Gasteiger partial charge is 0.319 e. The third kappa shape index (κ3) is 4.98. The molecule has 0 unspecified atom stereocenters. The zero-order valence-electron chi connectivity index (χ0n) is 14.5. The van der Waals surface area contributed by atoms with Crippen molar-refractivity contribution in [2.75, 3.05) is 11.6 Å². The fraction of sp³-hybridized carbons (Fsp3) is 0.0526. The first-order chi connectivity index (χ1) is 13.2. The van der Waals surface area contributed by atoms with Crippen LogP contribution in [0.15, 0.2) is 80.1 Å². The van der Waals surface area contributed by atoms with Gasteiger partial charge in [0.1, 0.15) is 10.8 Å². The number of carbonyl (C=O) groups is 1. The number of nitrogens with zero attached hydrogens (tertiary/aromatic N) is 1.